The van der Waals surface area contributed by atoms with Gasteiger partial charge in [0.2, 0.25) is 5.91 Å². The predicted octanol–water partition coefficient (Wildman–Crippen LogP) is 0.761. The van der Waals surface area contributed by atoms with Crippen molar-refractivity contribution in [3.05, 3.63) is 20.8 Å². The molecule has 0 unspecified atom stereocenters. The number of thiophene rings is 1. The topological polar surface area (TPSA) is 75.3 Å². The molecule has 5 nitrogen and oxygen atoms in total. The van der Waals surface area contributed by atoms with Crippen LogP contribution in [0.4, 0.5) is 0 Å². The van der Waals surface area contributed by atoms with Gasteiger partial charge in [0.15, 0.2) is 9.84 Å². The third kappa shape index (κ3) is 5.94. The third-order valence-corrected chi connectivity index (χ3v) is 5.37. The van der Waals surface area contributed by atoms with Crippen molar-refractivity contribution in [3.63, 3.8) is 0 Å². The first-order valence-corrected chi connectivity index (χ1v) is 8.77. The lowest BCUT2D eigenvalue weighted by atomic mass is 10.4. The van der Waals surface area contributed by atoms with Crippen LogP contribution in [-0.2, 0) is 21.2 Å². The maximum Gasteiger partial charge on any atom is 0.234 e. The Bertz CT molecular complexity index is 499. The molecule has 1 amide bonds. The molecule has 0 saturated carbocycles. The summed E-state index contributed by atoms with van der Waals surface area (Å²) >= 11 is 4.95. The molecule has 0 bridgehead atoms. The molecule has 1 aromatic rings. The van der Waals surface area contributed by atoms with Crippen LogP contribution in [0.3, 0.4) is 0 Å². The summed E-state index contributed by atoms with van der Waals surface area (Å²) in [6.45, 7) is 0.973. The highest BCUT2D eigenvalue weighted by atomic mass is 79.9. The van der Waals surface area contributed by atoms with Crippen LogP contribution in [0.15, 0.2) is 15.9 Å². The van der Waals surface area contributed by atoms with Crippen LogP contribution in [0.25, 0.3) is 0 Å². The Morgan fingerprint density at radius 3 is 2.78 bits per heavy atom. The van der Waals surface area contributed by atoms with Crippen molar-refractivity contribution in [1.82, 2.24) is 10.6 Å². The Hall–Kier alpha value is -0.440. The van der Waals surface area contributed by atoms with Gasteiger partial charge in [-0.05, 0) is 22.0 Å². The van der Waals surface area contributed by atoms with Crippen LogP contribution in [0, 0.1) is 0 Å². The normalized spacial score (nSPS) is 11.4. The van der Waals surface area contributed by atoms with E-state index in [2.05, 4.69) is 26.6 Å². The molecule has 0 aliphatic rings. The number of carbonyl (C=O) groups excluding carboxylic acids is 1. The van der Waals surface area contributed by atoms with Gasteiger partial charge in [-0.3, -0.25) is 4.79 Å². The van der Waals surface area contributed by atoms with Gasteiger partial charge in [0, 0.05) is 34.9 Å². The molecule has 8 heteroatoms. The quantitative estimate of drug-likeness (QED) is 0.709. The summed E-state index contributed by atoms with van der Waals surface area (Å²) in [6.07, 6.45) is 0. The molecule has 0 radical (unpaired) electrons. The molecule has 2 N–H and O–H groups in total. The summed E-state index contributed by atoms with van der Waals surface area (Å²) in [5.74, 6) is -0.958. The van der Waals surface area contributed by atoms with Crippen LogP contribution < -0.4 is 10.6 Å². The van der Waals surface area contributed by atoms with Crippen molar-refractivity contribution in [3.8, 4) is 0 Å². The zero-order valence-electron chi connectivity index (χ0n) is 9.90. The fourth-order valence-corrected chi connectivity index (χ4v) is 3.79. The highest BCUT2D eigenvalue weighted by Gasteiger charge is 2.14. The Morgan fingerprint density at radius 2 is 2.22 bits per heavy atom. The Kier molecular flexibility index (Phi) is 6.27. The lowest BCUT2D eigenvalue weighted by Crippen LogP contribution is -2.31. The number of hydrogen-bond donors (Lipinski definition) is 2. The Morgan fingerprint density at radius 1 is 1.50 bits per heavy atom. The number of halogens is 1. The fourth-order valence-electron chi connectivity index (χ4n) is 1.23. The molecule has 0 spiro atoms. The van der Waals surface area contributed by atoms with E-state index < -0.39 is 21.5 Å². The van der Waals surface area contributed by atoms with E-state index >= 15 is 0 Å². The standard InChI is InChI=1S/C10H15BrN2O3S2/c1-12-10(14)7-18(15,16)3-2-13-5-9-4-8(11)6-17-9/h4,6,13H,2-3,5,7H2,1H3,(H,12,14). The van der Waals surface area contributed by atoms with E-state index in [9.17, 15) is 13.2 Å². The molecular formula is C10H15BrN2O3S2. The van der Waals surface area contributed by atoms with E-state index in [4.69, 9.17) is 0 Å². The molecule has 102 valence electrons. The van der Waals surface area contributed by atoms with Crippen LogP contribution in [0.1, 0.15) is 4.88 Å². The van der Waals surface area contributed by atoms with E-state index in [1.165, 1.54) is 7.05 Å². The zero-order valence-corrected chi connectivity index (χ0v) is 13.1. The summed E-state index contributed by atoms with van der Waals surface area (Å²) in [7, 11) is -1.90. The minimum Gasteiger partial charge on any atom is -0.358 e. The maximum absolute atomic E-state index is 11.5. The molecule has 0 atom stereocenters. The van der Waals surface area contributed by atoms with E-state index in [0.29, 0.717) is 13.1 Å². The Labute approximate surface area is 119 Å². The summed E-state index contributed by atoms with van der Waals surface area (Å²) < 4.78 is 24.0. The van der Waals surface area contributed by atoms with E-state index in [1.807, 2.05) is 11.4 Å². The highest BCUT2D eigenvalue weighted by Crippen LogP contribution is 2.19. The van der Waals surface area contributed by atoms with Gasteiger partial charge in [0.25, 0.3) is 0 Å². The van der Waals surface area contributed by atoms with Gasteiger partial charge >= 0.3 is 0 Å². The summed E-state index contributed by atoms with van der Waals surface area (Å²) in [5.41, 5.74) is 0. The molecule has 0 saturated heterocycles. The SMILES string of the molecule is CNC(=O)CS(=O)(=O)CCNCc1cc(Br)cs1. The van der Waals surface area contributed by atoms with Crippen molar-refractivity contribution < 1.29 is 13.2 Å². The zero-order chi connectivity index (χ0) is 13.6. The van der Waals surface area contributed by atoms with Crippen LogP contribution in [0.5, 0.6) is 0 Å². The molecule has 18 heavy (non-hydrogen) atoms. The maximum atomic E-state index is 11.5. The average Bonchev–Trinajstić information content (AvgIpc) is 2.70. The van der Waals surface area contributed by atoms with E-state index in [-0.39, 0.29) is 5.75 Å². The van der Waals surface area contributed by atoms with Gasteiger partial charge in [-0.15, -0.1) is 11.3 Å². The van der Waals surface area contributed by atoms with Crippen molar-refractivity contribution in [2.24, 2.45) is 0 Å². The van der Waals surface area contributed by atoms with Gasteiger partial charge < -0.3 is 10.6 Å². The summed E-state index contributed by atoms with van der Waals surface area (Å²) in [6, 6.07) is 1.98. The first kappa shape index (κ1) is 15.6. The second-order valence-electron chi connectivity index (χ2n) is 3.67. The van der Waals surface area contributed by atoms with Gasteiger partial charge in [-0.1, -0.05) is 0 Å². The predicted molar refractivity (Wildman–Crippen MR) is 76.4 cm³/mol. The molecule has 0 aliphatic heterocycles. The van der Waals surface area contributed by atoms with E-state index in [1.54, 1.807) is 11.3 Å². The number of carbonyl (C=O) groups is 1. The summed E-state index contributed by atoms with van der Waals surface area (Å²) in [5, 5.41) is 7.31. The van der Waals surface area contributed by atoms with Crippen LogP contribution in [-0.4, -0.2) is 39.4 Å². The first-order valence-electron chi connectivity index (χ1n) is 5.27. The molecule has 0 aliphatic carbocycles. The lowest BCUT2D eigenvalue weighted by molar-refractivity contribution is -0.118. The molecule has 1 rings (SSSR count). The van der Waals surface area contributed by atoms with Crippen LogP contribution >= 0.6 is 27.3 Å². The number of rotatable bonds is 7. The number of hydrogen-bond acceptors (Lipinski definition) is 5. The van der Waals surface area contributed by atoms with Crippen molar-refractivity contribution in [2.75, 3.05) is 25.1 Å². The smallest absolute Gasteiger partial charge is 0.234 e. The minimum absolute atomic E-state index is 0.0348. The van der Waals surface area contributed by atoms with Gasteiger partial charge in [-0.2, -0.15) is 0 Å². The third-order valence-electron chi connectivity index (χ3n) is 2.14. The van der Waals surface area contributed by atoms with Crippen molar-refractivity contribution in [2.45, 2.75) is 6.54 Å². The number of nitrogens with one attached hydrogen (secondary N) is 2. The highest BCUT2D eigenvalue weighted by molar-refractivity contribution is 9.10. The minimum atomic E-state index is -3.32. The van der Waals surface area contributed by atoms with Crippen molar-refractivity contribution in [1.29, 1.82) is 0 Å². The average molecular weight is 355 g/mol. The lowest BCUT2D eigenvalue weighted by Gasteiger charge is -2.04. The van der Waals surface area contributed by atoms with Gasteiger partial charge in [0.05, 0.1) is 5.75 Å². The summed E-state index contributed by atoms with van der Waals surface area (Å²) in [4.78, 5) is 12.1. The molecule has 0 fully saturated rings. The second-order valence-corrected chi connectivity index (χ2v) is 7.77. The first-order chi connectivity index (χ1) is 8.43. The van der Waals surface area contributed by atoms with Gasteiger partial charge in [0.1, 0.15) is 5.75 Å². The van der Waals surface area contributed by atoms with Gasteiger partial charge in [-0.25, -0.2) is 8.42 Å². The largest absolute Gasteiger partial charge is 0.358 e. The second kappa shape index (κ2) is 7.22. The van der Waals surface area contributed by atoms with Crippen molar-refractivity contribution >= 4 is 43.0 Å². The number of amides is 1. The molecule has 1 heterocycles. The molecular weight excluding hydrogens is 340 g/mol. The molecule has 0 aromatic carbocycles. The van der Waals surface area contributed by atoms with E-state index in [0.717, 1.165) is 9.35 Å². The Balaban J connectivity index is 2.27. The fraction of sp³-hybridized carbons (Fsp3) is 0.500. The van der Waals surface area contributed by atoms with Crippen LogP contribution in [0.2, 0.25) is 0 Å². The number of sulfone groups is 1. The monoisotopic (exact) mass is 354 g/mol. The molecule has 1 aromatic heterocycles.